The predicted octanol–water partition coefficient (Wildman–Crippen LogP) is 4.91. The van der Waals surface area contributed by atoms with Gasteiger partial charge >= 0.3 is 0 Å². The van der Waals surface area contributed by atoms with Crippen molar-refractivity contribution >= 4 is 46.4 Å². The van der Waals surface area contributed by atoms with E-state index in [0.717, 1.165) is 5.56 Å². The van der Waals surface area contributed by atoms with Crippen LogP contribution in [0.2, 0.25) is 15.1 Å². The average Bonchev–Trinajstić information content (AvgIpc) is 2.36. The fraction of sp³-hybridized carbons (Fsp3) is 0.0714. The highest BCUT2D eigenvalue weighted by molar-refractivity contribution is 6.46. The van der Waals surface area contributed by atoms with Gasteiger partial charge in [-0.1, -0.05) is 46.9 Å². The Balaban J connectivity index is 2.39. The summed E-state index contributed by atoms with van der Waals surface area (Å²) >= 11 is 17.6. The summed E-state index contributed by atoms with van der Waals surface area (Å²) in [5.74, 6) is -0.978. The van der Waals surface area contributed by atoms with Gasteiger partial charge in [0.05, 0.1) is 15.1 Å². The van der Waals surface area contributed by atoms with E-state index in [4.69, 9.17) is 34.8 Å². The van der Waals surface area contributed by atoms with Gasteiger partial charge in [-0.25, -0.2) is 0 Å². The Morgan fingerprint density at radius 2 is 1.85 bits per heavy atom. The lowest BCUT2D eigenvalue weighted by molar-refractivity contribution is 0.102. The van der Waals surface area contributed by atoms with Gasteiger partial charge < -0.3 is 10.4 Å². The minimum Gasteiger partial charge on any atom is -0.505 e. The minimum atomic E-state index is -0.581. The number of nitrogens with one attached hydrogen (secondary N) is 1. The first-order valence-electron chi connectivity index (χ1n) is 5.64. The Labute approximate surface area is 131 Å². The van der Waals surface area contributed by atoms with Gasteiger partial charge in [-0.3, -0.25) is 4.79 Å². The highest BCUT2D eigenvalue weighted by Gasteiger charge is 2.21. The smallest absolute Gasteiger partial charge is 0.261 e. The molecule has 2 aromatic carbocycles. The first kappa shape index (κ1) is 15.0. The van der Waals surface area contributed by atoms with Crippen molar-refractivity contribution in [2.75, 3.05) is 5.32 Å². The molecule has 20 heavy (non-hydrogen) atoms. The molecule has 0 saturated carbocycles. The van der Waals surface area contributed by atoms with Gasteiger partial charge in [0, 0.05) is 5.69 Å². The zero-order chi connectivity index (χ0) is 14.9. The molecule has 0 radical (unpaired) electrons. The number of carbonyl (C=O) groups excluding carboxylic acids is 1. The Kier molecular flexibility index (Phi) is 4.43. The number of halogens is 3. The Morgan fingerprint density at radius 1 is 1.15 bits per heavy atom. The molecule has 2 N–H and O–H groups in total. The predicted molar refractivity (Wildman–Crippen MR) is 82.3 cm³/mol. The Bertz CT molecular complexity index is 660. The molecule has 6 heteroatoms. The van der Waals surface area contributed by atoms with Crippen molar-refractivity contribution in [3.05, 3.63) is 56.5 Å². The fourth-order valence-electron chi connectivity index (χ4n) is 1.71. The molecule has 0 aliphatic rings. The number of anilines is 1. The van der Waals surface area contributed by atoms with E-state index in [1.165, 1.54) is 6.07 Å². The molecule has 0 bridgehead atoms. The van der Waals surface area contributed by atoms with Gasteiger partial charge in [0.2, 0.25) is 0 Å². The van der Waals surface area contributed by atoms with Crippen LogP contribution < -0.4 is 5.32 Å². The second-order valence-electron chi connectivity index (χ2n) is 4.20. The number of phenolic OH excluding ortho intramolecular Hbond substituents is 1. The lowest BCUT2D eigenvalue weighted by Crippen LogP contribution is -2.13. The molecule has 0 aromatic heterocycles. The van der Waals surface area contributed by atoms with Gasteiger partial charge in [0.1, 0.15) is 11.3 Å². The van der Waals surface area contributed by atoms with Crippen LogP contribution >= 0.6 is 34.8 Å². The van der Waals surface area contributed by atoms with Crippen LogP contribution in [0.15, 0.2) is 30.3 Å². The number of aryl methyl sites for hydroxylation is 1. The number of rotatable bonds is 2. The number of carbonyl (C=O) groups is 1. The van der Waals surface area contributed by atoms with Crippen LogP contribution in [0, 0.1) is 6.92 Å². The number of benzene rings is 2. The quantitative estimate of drug-likeness (QED) is 0.768. The van der Waals surface area contributed by atoms with E-state index >= 15 is 0 Å². The molecular formula is C14H10Cl3NO2. The third-order valence-electron chi connectivity index (χ3n) is 2.65. The molecule has 2 rings (SSSR count). The van der Waals surface area contributed by atoms with E-state index < -0.39 is 11.7 Å². The molecule has 1 amide bonds. The molecule has 0 spiro atoms. The molecule has 0 aliphatic carbocycles. The van der Waals surface area contributed by atoms with Crippen LogP contribution in [0.5, 0.6) is 5.75 Å². The molecule has 0 fully saturated rings. The molecule has 104 valence electrons. The van der Waals surface area contributed by atoms with E-state index in [1.807, 2.05) is 13.0 Å². The van der Waals surface area contributed by atoms with Gasteiger partial charge in [0.15, 0.2) is 0 Å². The lowest BCUT2D eigenvalue weighted by atomic mass is 10.1. The van der Waals surface area contributed by atoms with E-state index in [-0.39, 0.29) is 20.6 Å². The molecule has 3 nitrogen and oxygen atoms in total. The molecule has 0 saturated heterocycles. The molecule has 0 unspecified atom stereocenters. The van der Waals surface area contributed by atoms with Gasteiger partial charge in [-0.2, -0.15) is 0 Å². The second-order valence-corrected chi connectivity index (χ2v) is 5.39. The summed E-state index contributed by atoms with van der Waals surface area (Å²) in [4.78, 5) is 12.2. The third kappa shape index (κ3) is 3.01. The molecule has 0 atom stereocenters. The first-order valence-corrected chi connectivity index (χ1v) is 6.78. The molecule has 0 heterocycles. The highest BCUT2D eigenvalue weighted by atomic mass is 35.5. The summed E-state index contributed by atoms with van der Waals surface area (Å²) < 4.78 is 0. The topological polar surface area (TPSA) is 49.3 Å². The van der Waals surface area contributed by atoms with Gasteiger partial charge in [0.25, 0.3) is 5.91 Å². The molecule has 0 aliphatic heterocycles. The normalized spacial score (nSPS) is 10.4. The SMILES string of the molecule is Cc1cccc(NC(=O)c2c(O)c(Cl)cc(Cl)c2Cl)c1. The summed E-state index contributed by atoms with van der Waals surface area (Å²) in [5.41, 5.74) is 1.43. The van der Waals surface area contributed by atoms with Crippen LogP contribution in [0.25, 0.3) is 0 Å². The van der Waals surface area contributed by atoms with E-state index in [0.29, 0.717) is 5.69 Å². The van der Waals surface area contributed by atoms with Crippen LogP contribution in [0.3, 0.4) is 0 Å². The highest BCUT2D eigenvalue weighted by Crippen LogP contribution is 2.38. The van der Waals surface area contributed by atoms with Crippen molar-refractivity contribution in [3.63, 3.8) is 0 Å². The Hall–Kier alpha value is -1.42. The monoisotopic (exact) mass is 329 g/mol. The maximum atomic E-state index is 12.2. The standard InChI is InChI=1S/C14H10Cl3NO2/c1-7-3-2-4-8(5-7)18-14(20)11-12(17)9(15)6-10(16)13(11)19/h2-6,19H,1H3,(H,18,20). The summed E-state index contributed by atoms with van der Waals surface area (Å²) in [5, 5.41) is 12.5. The van der Waals surface area contributed by atoms with Crippen molar-refractivity contribution in [3.8, 4) is 5.75 Å². The van der Waals surface area contributed by atoms with Crippen LogP contribution in [-0.2, 0) is 0 Å². The van der Waals surface area contributed by atoms with Crippen LogP contribution in [0.1, 0.15) is 15.9 Å². The van der Waals surface area contributed by atoms with Crippen molar-refractivity contribution in [1.29, 1.82) is 0 Å². The zero-order valence-electron chi connectivity index (χ0n) is 10.4. The van der Waals surface area contributed by atoms with Crippen molar-refractivity contribution in [1.82, 2.24) is 0 Å². The average molecular weight is 331 g/mol. The number of aromatic hydroxyl groups is 1. The van der Waals surface area contributed by atoms with Crippen LogP contribution in [-0.4, -0.2) is 11.0 Å². The Morgan fingerprint density at radius 3 is 2.50 bits per heavy atom. The van der Waals surface area contributed by atoms with E-state index in [2.05, 4.69) is 5.32 Å². The number of phenols is 1. The second kappa shape index (κ2) is 5.92. The zero-order valence-corrected chi connectivity index (χ0v) is 12.6. The number of hydrogen-bond donors (Lipinski definition) is 2. The molecule has 2 aromatic rings. The summed E-state index contributed by atoms with van der Waals surface area (Å²) in [6.07, 6.45) is 0. The number of hydrogen-bond acceptors (Lipinski definition) is 2. The first-order chi connectivity index (χ1) is 9.40. The summed E-state index contributed by atoms with van der Waals surface area (Å²) in [6, 6.07) is 8.49. The fourth-order valence-corrected chi connectivity index (χ4v) is 2.40. The molecular weight excluding hydrogens is 321 g/mol. The maximum absolute atomic E-state index is 12.2. The van der Waals surface area contributed by atoms with E-state index in [1.54, 1.807) is 18.2 Å². The largest absolute Gasteiger partial charge is 0.505 e. The van der Waals surface area contributed by atoms with Gasteiger partial charge in [-0.05, 0) is 30.7 Å². The van der Waals surface area contributed by atoms with Crippen LogP contribution in [0.4, 0.5) is 5.69 Å². The van der Waals surface area contributed by atoms with E-state index in [9.17, 15) is 9.90 Å². The minimum absolute atomic E-state index is 0.0335. The summed E-state index contributed by atoms with van der Waals surface area (Å²) in [7, 11) is 0. The van der Waals surface area contributed by atoms with Crippen molar-refractivity contribution in [2.24, 2.45) is 0 Å². The third-order valence-corrected chi connectivity index (χ3v) is 3.72. The van der Waals surface area contributed by atoms with Crippen molar-refractivity contribution in [2.45, 2.75) is 6.92 Å². The maximum Gasteiger partial charge on any atom is 0.261 e. The lowest BCUT2D eigenvalue weighted by Gasteiger charge is -2.11. The summed E-state index contributed by atoms with van der Waals surface area (Å²) in [6.45, 7) is 1.90. The number of amides is 1. The van der Waals surface area contributed by atoms with Crippen molar-refractivity contribution < 1.29 is 9.90 Å². The van der Waals surface area contributed by atoms with Gasteiger partial charge in [-0.15, -0.1) is 0 Å².